The van der Waals surface area contributed by atoms with Gasteiger partial charge in [-0.2, -0.15) is 0 Å². The summed E-state index contributed by atoms with van der Waals surface area (Å²) >= 11 is 6.33. The number of aliphatic hydroxyl groups is 1. The number of halogens is 1. The molecule has 9 heteroatoms. The van der Waals surface area contributed by atoms with Crippen LogP contribution in [-0.2, 0) is 21.9 Å². The molecule has 1 spiro atoms. The van der Waals surface area contributed by atoms with E-state index in [0.717, 1.165) is 42.9 Å². The highest BCUT2D eigenvalue weighted by Gasteiger charge is 2.45. The van der Waals surface area contributed by atoms with Gasteiger partial charge in [0.2, 0.25) is 10.0 Å². The maximum Gasteiger partial charge on any atom is 0.264 e. The number of carbonyl (C=O) groups is 1. The van der Waals surface area contributed by atoms with E-state index < -0.39 is 27.3 Å². The highest BCUT2D eigenvalue weighted by atomic mass is 35.5. The smallest absolute Gasteiger partial charge is 0.264 e. The number of anilines is 1. The van der Waals surface area contributed by atoms with Crippen LogP contribution in [0.4, 0.5) is 5.69 Å². The van der Waals surface area contributed by atoms with Crippen molar-refractivity contribution in [3.05, 3.63) is 70.3 Å². The zero-order valence-corrected chi connectivity index (χ0v) is 24.4. The number of rotatable bonds is 1. The number of aryl methyl sites for hydroxylation is 1. The highest BCUT2D eigenvalue weighted by Crippen LogP contribution is 2.47. The summed E-state index contributed by atoms with van der Waals surface area (Å²) in [6.07, 6.45) is 8.28. The van der Waals surface area contributed by atoms with Crippen LogP contribution in [-0.4, -0.2) is 50.5 Å². The van der Waals surface area contributed by atoms with Gasteiger partial charge in [0, 0.05) is 29.1 Å². The van der Waals surface area contributed by atoms with Gasteiger partial charge in [0.25, 0.3) is 5.91 Å². The second kappa shape index (κ2) is 10.7. The van der Waals surface area contributed by atoms with E-state index in [0.29, 0.717) is 44.1 Å². The first-order valence-electron chi connectivity index (χ1n) is 14.4. The lowest BCUT2D eigenvalue weighted by Gasteiger charge is -2.43. The fraction of sp³-hybridized carbons (Fsp3) is 0.516. The molecule has 2 aliphatic carbocycles. The first-order chi connectivity index (χ1) is 19.2. The number of sulfonamides is 1. The average Bonchev–Trinajstić information content (AvgIpc) is 3.16. The van der Waals surface area contributed by atoms with Crippen molar-refractivity contribution in [3.63, 3.8) is 0 Å². The lowest BCUT2D eigenvalue weighted by molar-refractivity contribution is 0.0457. The summed E-state index contributed by atoms with van der Waals surface area (Å²) in [6.45, 7) is 3.73. The van der Waals surface area contributed by atoms with Crippen molar-refractivity contribution >= 4 is 33.2 Å². The molecule has 1 amide bonds. The van der Waals surface area contributed by atoms with Gasteiger partial charge in [0.1, 0.15) is 5.75 Å². The van der Waals surface area contributed by atoms with Crippen molar-refractivity contribution in [1.29, 1.82) is 0 Å². The van der Waals surface area contributed by atoms with Crippen molar-refractivity contribution in [2.45, 2.75) is 68.6 Å². The van der Waals surface area contributed by atoms with E-state index in [-0.39, 0.29) is 16.9 Å². The van der Waals surface area contributed by atoms with Crippen LogP contribution < -0.4 is 14.4 Å². The first-order valence-corrected chi connectivity index (χ1v) is 16.3. The van der Waals surface area contributed by atoms with Gasteiger partial charge >= 0.3 is 0 Å². The standard InChI is InChI=1S/C31H37ClN2O5S/c1-2-24-5-3-4-6-28(35)25-10-7-22(25)17-34-18-31(14-13-20-15-23(32)9-11-26(20)31)19-39-29-12-8-21(16-27(29)34)30(36)33-40(24,37)38/h4,6,8-9,11-12,15-16,22,24-25,28,35H,2-3,5,7,10,13-14,17-19H2,1H3,(H,33,36)/b6-4+/t22-,24-,25+,28?,31-/m0/s1. The third-order valence-electron chi connectivity index (χ3n) is 9.56. The van der Waals surface area contributed by atoms with Crippen molar-refractivity contribution in [2.24, 2.45) is 11.8 Å². The summed E-state index contributed by atoms with van der Waals surface area (Å²) in [6, 6.07) is 11.3. The quantitative estimate of drug-likeness (QED) is 0.458. The third kappa shape index (κ3) is 5.03. The van der Waals surface area contributed by atoms with E-state index in [2.05, 4.69) is 21.8 Å². The van der Waals surface area contributed by atoms with Gasteiger partial charge < -0.3 is 14.7 Å². The van der Waals surface area contributed by atoms with Crippen LogP contribution in [0.25, 0.3) is 0 Å². The summed E-state index contributed by atoms with van der Waals surface area (Å²) in [5.74, 6) is 0.491. The topological polar surface area (TPSA) is 95.9 Å². The monoisotopic (exact) mass is 584 g/mol. The number of ether oxygens (including phenoxy) is 1. The molecule has 1 unspecified atom stereocenters. The Labute approximate surface area is 241 Å². The normalized spacial score (nSPS) is 32.2. The molecule has 2 aromatic carbocycles. The molecule has 2 aromatic rings. The van der Waals surface area contributed by atoms with Crippen LogP contribution in [0.3, 0.4) is 0 Å². The Morgan fingerprint density at radius 3 is 2.80 bits per heavy atom. The van der Waals surface area contributed by atoms with Crippen LogP contribution in [0.15, 0.2) is 48.6 Å². The molecule has 7 nitrogen and oxygen atoms in total. The number of fused-ring (bicyclic) bond motifs is 4. The van der Waals surface area contributed by atoms with E-state index >= 15 is 0 Å². The molecular weight excluding hydrogens is 548 g/mol. The van der Waals surface area contributed by atoms with Crippen LogP contribution in [0.1, 0.15) is 66.9 Å². The minimum atomic E-state index is -3.87. The molecule has 0 radical (unpaired) electrons. The van der Waals surface area contributed by atoms with Gasteiger partial charge in [-0.05, 0) is 98.2 Å². The minimum absolute atomic E-state index is 0.139. The highest BCUT2D eigenvalue weighted by molar-refractivity contribution is 7.90. The van der Waals surface area contributed by atoms with E-state index in [1.165, 1.54) is 11.1 Å². The number of nitrogens with one attached hydrogen (secondary N) is 1. The number of carbonyl (C=O) groups excluding carboxylic acids is 1. The number of nitrogens with zero attached hydrogens (tertiary/aromatic N) is 1. The predicted octanol–water partition coefficient (Wildman–Crippen LogP) is 5.00. The lowest BCUT2D eigenvalue weighted by Crippen LogP contribution is -2.47. The van der Waals surface area contributed by atoms with Crippen LogP contribution in [0.2, 0.25) is 5.02 Å². The SMILES string of the molecule is CC[C@H]1CC/C=C/C(O)[C@@H]2CC[C@H]2CN2C[C@@]3(CCc4cc(Cl)ccc43)COc3ccc(cc32)C(=O)NS1(=O)=O. The van der Waals surface area contributed by atoms with Gasteiger partial charge in [-0.1, -0.05) is 36.7 Å². The summed E-state index contributed by atoms with van der Waals surface area (Å²) < 4.78 is 35.0. The number of aliphatic hydroxyl groups excluding tert-OH is 1. The maximum atomic E-state index is 13.3. The number of amides is 1. The average molecular weight is 585 g/mol. The van der Waals surface area contributed by atoms with E-state index in [9.17, 15) is 18.3 Å². The van der Waals surface area contributed by atoms with Gasteiger partial charge in [-0.25, -0.2) is 13.1 Å². The Bertz CT molecular complexity index is 1440. The van der Waals surface area contributed by atoms with Gasteiger partial charge in [-0.15, -0.1) is 0 Å². The summed E-state index contributed by atoms with van der Waals surface area (Å²) in [7, 11) is -3.87. The Morgan fingerprint density at radius 1 is 1.18 bits per heavy atom. The summed E-state index contributed by atoms with van der Waals surface area (Å²) in [4.78, 5) is 15.6. The van der Waals surface area contributed by atoms with Gasteiger partial charge in [-0.3, -0.25) is 4.79 Å². The number of hydrogen-bond donors (Lipinski definition) is 2. The lowest BCUT2D eigenvalue weighted by atomic mass is 9.70. The van der Waals surface area contributed by atoms with Crippen LogP contribution in [0.5, 0.6) is 5.75 Å². The second-order valence-corrected chi connectivity index (χ2v) is 14.3. The Morgan fingerprint density at radius 2 is 2.02 bits per heavy atom. The number of hydrogen-bond acceptors (Lipinski definition) is 6. The predicted molar refractivity (Wildman–Crippen MR) is 157 cm³/mol. The Hall–Kier alpha value is -2.55. The van der Waals surface area contributed by atoms with E-state index in [4.69, 9.17) is 16.3 Å². The first kappa shape index (κ1) is 27.6. The zero-order valence-electron chi connectivity index (χ0n) is 22.8. The summed E-state index contributed by atoms with van der Waals surface area (Å²) in [5.41, 5.74) is 3.34. The molecule has 1 fully saturated rings. The zero-order chi connectivity index (χ0) is 28.1. The van der Waals surface area contributed by atoms with Crippen molar-refractivity contribution in [3.8, 4) is 5.75 Å². The second-order valence-electron chi connectivity index (χ2n) is 11.9. The van der Waals surface area contributed by atoms with Crippen LogP contribution in [0, 0.1) is 11.8 Å². The fourth-order valence-electron chi connectivity index (χ4n) is 7.08. The number of benzene rings is 2. The van der Waals surface area contributed by atoms with Crippen molar-refractivity contribution in [1.82, 2.24) is 4.72 Å². The fourth-order valence-corrected chi connectivity index (χ4v) is 8.70. The molecule has 214 valence electrons. The molecule has 2 N–H and O–H groups in total. The molecule has 5 atom stereocenters. The summed E-state index contributed by atoms with van der Waals surface area (Å²) in [5, 5.41) is 11.1. The molecule has 0 saturated heterocycles. The van der Waals surface area contributed by atoms with E-state index in [1.807, 2.05) is 25.1 Å². The van der Waals surface area contributed by atoms with Crippen molar-refractivity contribution < 1.29 is 23.1 Å². The largest absolute Gasteiger partial charge is 0.490 e. The molecule has 2 aliphatic heterocycles. The van der Waals surface area contributed by atoms with E-state index in [1.54, 1.807) is 18.2 Å². The Kier molecular flexibility index (Phi) is 7.38. The maximum absolute atomic E-state index is 13.3. The molecule has 0 aromatic heterocycles. The molecule has 40 heavy (non-hydrogen) atoms. The van der Waals surface area contributed by atoms with Crippen LogP contribution >= 0.6 is 11.6 Å². The number of allylic oxidation sites excluding steroid dienone is 1. The Balaban J connectivity index is 1.41. The molecule has 4 aliphatic rings. The molecule has 2 bridgehead atoms. The molecule has 2 heterocycles. The third-order valence-corrected chi connectivity index (χ3v) is 11.7. The molecule has 6 rings (SSSR count). The van der Waals surface area contributed by atoms with Crippen molar-refractivity contribution in [2.75, 3.05) is 24.6 Å². The molecule has 1 saturated carbocycles. The van der Waals surface area contributed by atoms with Gasteiger partial charge in [0.05, 0.1) is 23.6 Å². The van der Waals surface area contributed by atoms with Gasteiger partial charge in [0.15, 0.2) is 0 Å². The minimum Gasteiger partial charge on any atom is -0.490 e. The molecular formula is C31H37ClN2O5S.